The van der Waals surface area contributed by atoms with Gasteiger partial charge in [0.25, 0.3) is 0 Å². The van der Waals surface area contributed by atoms with E-state index in [1.54, 1.807) is 6.07 Å². The molecule has 0 spiro atoms. The molecule has 2 aliphatic rings. The fraction of sp³-hybridized carbons (Fsp3) is 0.375. The van der Waals surface area contributed by atoms with Gasteiger partial charge in [0.15, 0.2) is 5.69 Å². The van der Waals surface area contributed by atoms with Gasteiger partial charge in [-0.1, -0.05) is 25.5 Å². The van der Waals surface area contributed by atoms with E-state index >= 15 is 0 Å². The van der Waals surface area contributed by atoms with E-state index in [0.717, 1.165) is 29.1 Å². The lowest BCUT2D eigenvalue weighted by molar-refractivity contribution is 0.391. The molecule has 1 atom stereocenters. The third-order valence-corrected chi connectivity index (χ3v) is 6.11. The summed E-state index contributed by atoms with van der Waals surface area (Å²) in [5, 5.41) is 16.9. The summed E-state index contributed by atoms with van der Waals surface area (Å²) in [6.45, 7) is 12.9. The molecule has 0 bridgehead atoms. The number of aliphatic hydroxyl groups is 1. The van der Waals surface area contributed by atoms with Crippen LogP contribution in [-0.4, -0.2) is 29.0 Å². The average molecular weight is 402 g/mol. The van der Waals surface area contributed by atoms with Gasteiger partial charge in [-0.3, -0.25) is 5.01 Å². The molecule has 1 aliphatic carbocycles. The van der Waals surface area contributed by atoms with Crippen molar-refractivity contribution in [1.82, 2.24) is 4.98 Å². The van der Waals surface area contributed by atoms with Crippen LogP contribution in [0.1, 0.15) is 48.9 Å². The van der Waals surface area contributed by atoms with Crippen LogP contribution in [0, 0.1) is 19.4 Å². The number of ether oxygens (including phenoxy) is 1. The monoisotopic (exact) mass is 402 g/mol. The molecule has 4 rings (SSSR count). The molecule has 154 valence electrons. The largest absolute Gasteiger partial charge is 0.508 e. The third kappa shape index (κ3) is 3.63. The first kappa shape index (κ1) is 20.0. The van der Waals surface area contributed by atoms with Crippen LogP contribution in [0.2, 0.25) is 0 Å². The Bertz CT molecular complexity index is 1050. The lowest BCUT2D eigenvalue weighted by Crippen LogP contribution is -2.32. The summed E-state index contributed by atoms with van der Waals surface area (Å²) >= 11 is 0. The smallest absolute Gasteiger partial charge is 0.224 e. The molecular formula is C24H26N4O2. The molecule has 1 aromatic carbocycles. The van der Waals surface area contributed by atoms with E-state index in [-0.39, 0.29) is 11.8 Å². The van der Waals surface area contributed by atoms with Crippen molar-refractivity contribution in [3.8, 4) is 5.88 Å². The number of anilines is 1. The normalized spacial score (nSPS) is 18.9. The van der Waals surface area contributed by atoms with Crippen LogP contribution in [0.4, 0.5) is 11.4 Å². The number of nitrogens with zero attached hydrogens (tertiary/aromatic N) is 4. The Morgan fingerprint density at radius 3 is 2.67 bits per heavy atom. The summed E-state index contributed by atoms with van der Waals surface area (Å²) in [7, 11) is 1.53. The van der Waals surface area contributed by atoms with E-state index in [0.29, 0.717) is 23.0 Å². The zero-order valence-electron chi connectivity index (χ0n) is 17.4. The Kier molecular flexibility index (Phi) is 5.45. The highest BCUT2D eigenvalue weighted by molar-refractivity contribution is 6.02. The van der Waals surface area contributed by atoms with E-state index in [9.17, 15) is 5.11 Å². The van der Waals surface area contributed by atoms with E-state index in [1.165, 1.54) is 32.8 Å². The number of hydrogen-bond donors (Lipinski definition) is 1. The Labute approximate surface area is 177 Å². The number of aliphatic hydroxyl groups excluding tert-OH is 1. The highest BCUT2D eigenvalue weighted by Gasteiger charge is 2.36. The maximum Gasteiger partial charge on any atom is 0.224 e. The van der Waals surface area contributed by atoms with Crippen LogP contribution in [0.5, 0.6) is 5.88 Å². The van der Waals surface area contributed by atoms with Gasteiger partial charge < -0.3 is 9.84 Å². The number of rotatable bonds is 5. The Morgan fingerprint density at radius 1 is 1.27 bits per heavy atom. The van der Waals surface area contributed by atoms with Gasteiger partial charge in [0.05, 0.1) is 42.4 Å². The lowest BCUT2D eigenvalue weighted by Gasteiger charge is -2.28. The van der Waals surface area contributed by atoms with Crippen molar-refractivity contribution < 1.29 is 9.84 Å². The van der Waals surface area contributed by atoms with Gasteiger partial charge in [0.2, 0.25) is 5.88 Å². The third-order valence-electron chi connectivity index (χ3n) is 6.11. The van der Waals surface area contributed by atoms with Gasteiger partial charge in [-0.2, -0.15) is 5.10 Å². The van der Waals surface area contributed by atoms with Gasteiger partial charge in [-0.25, -0.2) is 9.83 Å². The summed E-state index contributed by atoms with van der Waals surface area (Å²) in [4.78, 5) is 8.17. The van der Waals surface area contributed by atoms with E-state index < -0.39 is 0 Å². The highest BCUT2D eigenvalue weighted by atomic mass is 16.5. The Morgan fingerprint density at radius 2 is 2.03 bits per heavy atom. The molecule has 1 aliphatic heterocycles. The molecule has 6 nitrogen and oxygen atoms in total. The lowest BCUT2D eigenvalue weighted by atomic mass is 9.93. The second kappa shape index (κ2) is 8.19. The van der Waals surface area contributed by atoms with Crippen molar-refractivity contribution >= 4 is 22.8 Å². The van der Waals surface area contributed by atoms with Gasteiger partial charge in [-0.05, 0) is 55.5 Å². The first-order valence-corrected chi connectivity index (χ1v) is 10.3. The van der Waals surface area contributed by atoms with E-state index in [4.69, 9.17) is 16.4 Å². The van der Waals surface area contributed by atoms with Crippen LogP contribution >= 0.6 is 0 Å². The molecule has 2 aromatic rings. The van der Waals surface area contributed by atoms with E-state index in [1.807, 2.05) is 25.1 Å². The van der Waals surface area contributed by atoms with Crippen LogP contribution in [0.3, 0.4) is 0 Å². The second-order valence-corrected chi connectivity index (χ2v) is 7.99. The van der Waals surface area contributed by atoms with Crippen LogP contribution in [0.25, 0.3) is 10.6 Å². The minimum atomic E-state index is -0.0694. The molecule has 1 saturated carbocycles. The predicted molar refractivity (Wildman–Crippen MR) is 119 cm³/mol. The summed E-state index contributed by atoms with van der Waals surface area (Å²) in [5.74, 6) is 0.862. The summed E-state index contributed by atoms with van der Waals surface area (Å²) in [6.07, 6.45) is 5.76. The number of aromatic nitrogens is 1. The number of pyridine rings is 1. The molecule has 1 aromatic heterocycles. The maximum atomic E-state index is 9.76. The topological polar surface area (TPSA) is 62.3 Å². The highest BCUT2D eigenvalue weighted by Crippen LogP contribution is 2.39. The average Bonchev–Trinajstić information content (AvgIpc) is 3.43. The first-order valence-electron chi connectivity index (χ1n) is 10.3. The molecule has 1 fully saturated rings. The van der Waals surface area contributed by atoms with Crippen molar-refractivity contribution in [3.05, 3.63) is 65.1 Å². The van der Waals surface area contributed by atoms with Gasteiger partial charge in [-0.15, -0.1) is 0 Å². The molecule has 6 heteroatoms. The second-order valence-electron chi connectivity index (χ2n) is 7.99. The molecular weight excluding hydrogens is 376 g/mol. The van der Waals surface area contributed by atoms with Crippen molar-refractivity contribution in [2.45, 2.75) is 45.1 Å². The molecule has 1 N–H and O–H groups in total. The Hall–Kier alpha value is -3.33. The standard InChI is InChI=1S/C24H26N4O2/c1-15-13-18(9-11-20(15)25-3)28-23(17-7-5-6-8-17)14-22(27-28)21-12-10-19(16(2)29)24(26-21)30-4/h9-13,17,23,29H,2,5-8,14H2,1,4H3/t23-/m1/s1. The van der Waals surface area contributed by atoms with Crippen molar-refractivity contribution in [1.29, 1.82) is 0 Å². The maximum absolute atomic E-state index is 9.76. The quantitative estimate of drug-likeness (QED) is 0.518. The SMILES string of the molecule is [C-]#[N+]c1ccc(N2N=C(c3ccc(C(=C)O)c(OC)n3)C[C@@H]2C2CCCC2)cc1C. The minimum Gasteiger partial charge on any atom is -0.508 e. The number of methoxy groups -OCH3 is 1. The summed E-state index contributed by atoms with van der Waals surface area (Å²) in [6, 6.07) is 9.82. The fourth-order valence-electron chi connectivity index (χ4n) is 4.53. The first-order chi connectivity index (χ1) is 14.5. The fourth-order valence-corrected chi connectivity index (χ4v) is 4.53. The minimum absolute atomic E-state index is 0.0694. The van der Waals surface area contributed by atoms with Crippen LogP contribution in [-0.2, 0) is 0 Å². The summed E-state index contributed by atoms with van der Waals surface area (Å²) in [5.41, 5.74) is 4.78. The molecule has 0 unspecified atom stereocenters. The van der Waals surface area contributed by atoms with Gasteiger partial charge in [0, 0.05) is 6.42 Å². The number of aryl methyl sites for hydroxylation is 1. The van der Waals surface area contributed by atoms with Gasteiger partial charge in [0.1, 0.15) is 5.76 Å². The van der Waals surface area contributed by atoms with E-state index in [2.05, 4.69) is 27.5 Å². The number of hydrazone groups is 1. The zero-order chi connectivity index (χ0) is 21.3. The van der Waals surface area contributed by atoms with Crippen molar-refractivity contribution in [2.24, 2.45) is 11.0 Å². The number of benzene rings is 1. The Balaban J connectivity index is 1.72. The zero-order valence-corrected chi connectivity index (χ0v) is 17.4. The van der Waals surface area contributed by atoms with Crippen molar-refractivity contribution in [2.75, 3.05) is 12.1 Å². The molecule has 0 amide bonds. The van der Waals surface area contributed by atoms with Crippen molar-refractivity contribution in [3.63, 3.8) is 0 Å². The summed E-state index contributed by atoms with van der Waals surface area (Å²) < 4.78 is 5.36. The molecule has 2 heterocycles. The molecule has 30 heavy (non-hydrogen) atoms. The molecule has 0 radical (unpaired) electrons. The number of hydrogen-bond acceptors (Lipinski definition) is 5. The van der Waals surface area contributed by atoms with Crippen LogP contribution < -0.4 is 9.75 Å². The van der Waals surface area contributed by atoms with Crippen LogP contribution in [0.15, 0.2) is 42.0 Å². The van der Waals surface area contributed by atoms with Gasteiger partial charge >= 0.3 is 0 Å². The predicted octanol–water partition coefficient (Wildman–Crippen LogP) is 5.65. The molecule has 0 saturated heterocycles.